The molecule has 1 saturated carbocycles. The van der Waals surface area contributed by atoms with Crippen LogP contribution in [0.15, 0.2) is 0 Å². The third kappa shape index (κ3) is 1.93. The van der Waals surface area contributed by atoms with E-state index in [1.54, 1.807) is 0 Å². The Morgan fingerprint density at radius 3 is 2.41 bits per heavy atom. The summed E-state index contributed by atoms with van der Waals surface area (Å²) in [5.74, 6) is 0.697. The van der Waals surface area contributed by atoms with E-state index in [1.165, 1.54) is 25.7 Å². The molecule has 2 aliphatic heterocycles. The van der Waals surface area contributed by atoms with Crippen molar-refractivity contribution in [2.75, 3.05) is 26.3 Å². The highest BCUT2D eigenvalue weighted by Gasteiger charge is 2.49. The van der Waals surface area contributed by atoms with E-state index >= 15 is 0 Å². The molecule has 0 aromatic carbocycles. The molecule has 3 nitrogen and oxygen atoms in total. The fraction of sp³-hybridized carbons (Fsp3) is 0.929. The number of rotatable bonds is 3. The molecule has 3 heteroatoms. The number of hydrogen-bond donors (Lipinski definition) is 0. The first-order chi connectivity index (χ1) is 8.33. The molecular formula is C14H23NO2. The van der Waals surface area contributed by atoms with Gasteiger partial charge in [-0.15, -0.1) is 0 Å². The summed E-state index contributed by atoms with van der Waals surface area (Å²) < 4.78 is 5.41. The molecule has 2 saturated heterocycles. The maximum absolute atomic E-state index is 12.8. The molecule has 0 spiro atoms. The summed E-state index contributed by atoms with van der Waals surface area (Å²) in [5.41, 5.74) is -0.0884. The smallest absolute Gasteiger partial charge is 0.158 e. The number of ketones is 1. The minimum absolute atomic E-state index is 0.0884. The maximum Gasteiger partial charge on any atom is 0.158 e. The van der Waals surface area contributed by atoms with E-state index in [-0.39, 0.29) is 11.5 Å². The van der Waals surface area contributed by atoms with Crippen molar-refractivity contribution in [1.82, 2.24) is 4.90 Å². The molecule has 1 atom stereocenters. The van der Waals surface area contributed by atoms with Crippen molar-refractivity contribution in [2.24, 2.45) is 5.92 Å². The lowest BCUT2D eigenvalue weighted by molar-refractivity contribution is -0.134. The molecule has 3 rings (SSSR count). The van der Waals surface area contributed by atoms with Gasteiger partial charge in [-0.1, -0.05) is 12.8 Å². The number of hydrogen-bond acceptors (Lipinski definition) is 3. The van der Waals surface area contributed by atoms with E-state index in [2.05, 4.69) is 4.90 Å². The number of likely N-dealkylation sites (tertiary alicyclic amines) is 1. The molecule has 3 fully saturated rings. The predicted octanol–water partition coefficient (Wildman–Crippen LogP) is 2.00. The van der Waals surface area contributed by atoms with Crippen LogP contribution in [0.25, 0.3) is 0 Å². The van der Waals surface area contributed by atoms with Crippen LogP contribution in [-0.4, -0.2) is 42.5 Å². The molecule has 1 unspecified atom stereocenters. The summed E-state index contributed by atoms with van der Waals surface area (Å²) in [6.45, 7) is 3.74. The van der Waals surface area contributed by atoms with Crippen LogP contribution in [0.2, 0.25) is 0 Å². The lowest BCUT2D eigenvalue weighted by Gasteiger charge is -2.38. The van der Waals surface area contributed by atoms with Gasteiger partial charge in [0.05, 0.1) is 12.1 Å². The SMILES string of the molecule is O=C(C1CCOC1)C1(N2CCCC2)CCCC1. The molecule has 0 amide bonds. The zero-order chi connectivity index (χ0) is 11.7. The molecule has 0 aromatic rings. The Morgan fingerprint density at radius 1 is 1.12 bits per heavy atom. The van der Waals surface area contributed by atoms with Gasteiger partial charge < -0.3 is 4.74 Å². The van der Waals surface area contributed by atoms with Crippen LogP contribution in [0.3, 0.4) is 0 Å². The molecule has 2 heterocycles. The number of carbonyl (C=O) groups excluding carboxylic acids is 1. The Bertz CT molecular complexity index is 285. The van der Waals surface area contributed by atoms with Gasteiger partial charge in [-0.25, -0.2) is 0 Å². The molecule has 17 heavy (non-hydrogen) atoms. The molecular weight excluding hydrogens is 214 g/mol. The van der Waals surface area contributed by atoms with Gasteiger partial charge in [-0.2, -0.15) is 0 Å². The first-order valence-electron chi connectivity index (χ1n) is 7.20. The van der Waals surface area contributed by atoms with Gasteiger partial charge in [0.25, 0.3) is 0 Å². The van der Waals surface area contributed by atoms with Gasteiger partial charge in [0, 0.05) is 12.5 Å². The monoisotopic (exact) mass is 237 g/mol. The van der Waals surface area contributed by atoms with Gasteiger partial charge in [-0.05, 0) is 45.2 Å². The molecule has 0 aromatic heterocycles. The Morgan fingerprint density at radius 2 is 1.82 bits per heavy atom. The zero-order valence-electron chi connectivity index (χ0n) is 10.6. The van der Waals surface area contributed by atoms with Crippen LogP contribution in [0.1, 0.15) is 44.9 Å². The third-order valence-electron chi connectivity index (χ3n) is 4.90. The van der Waals surface area contributed by atoms with E-state index in [4.69, 9.17) is 4.74 Å². The van der Waals surface area contributed by atoms with Crippen molar-refractivity contribution in [3.05, 3.63) is 0 Å². The molecule has 0 N–H and O–H groups in total. The molecule has 96 valence electrons. The Balaban J connectivity index is 1.80. The Labute approximate surface area is 104 Å². The molecule has 0 bridgehead atoms. The van der Waals surface area contributed by atoms with Crippen molar-refractivity contribution < 1.29 is 9.53 Å². The fourth-order valence-corrected chi connectivity index (χ4v) is 3.94. The average Bonchev–Trinajstić information content (AvgIpc) is 3.10. The lowest BCUT2D eigenvalue weighted by Crippen LogP contribution is -2.53. The van der Waals surface area contributed by atoms with Crippen LogP contribution in [0.5, 0.6) is 0 Å². The normalized spacial score (nSPS) is 33.3. The largest absolute Gasteiger partial charge is 0.381 e. The van der Waals surface area contributed by atoms with Crippen molar-refractivity contribution >= 4 is 5.78 Å². The topological polar surface area (TPSA) is 29.5 Å². The van der Waals surface area contributed by atoms with Gasteiger partial charge in [-0.3, -0.25) is 9.69 Å². The van der Waals surface area contributed by atoms with E-state index in [9.17, 15) is 4.79 Å². The summed E-state index contributed by atoms with van der Waals surface area (Å²) in [5, 5.41) is 0. The van der Waals surface area contributed by atoms with Gasteiger partial charge in [0.1, 0.15) is 0 Å². The molecule has 0 radical (unpaired) electrons. The quantitative estimate of drug-likeness (QED) is 0.752. The zero-order valence-corrected chi connectivity index (χ0v) is 10.6. The van der Waals surface area contributed by atoms with Crippen molar-refractivity contribution in [1.29, 1.82) is 0 Å². The molecule has 1 aliphatic carbocycles. The van der Waals surface area contributed by atoms with E-state index in [0.717, 1.165) is 39.0 Å². The third-order valence-corrected chi connectivity index (χ3v) is 4.90. The summed E-state index contributed by atoms with van der Waals surface area (Å²) in [6.07, 6.45) is 8.16. The predicted molar refractivity (Wildman–Crippen MR) is 65.9 cm³/mol. The second-order valence-electron chi connectivity index (χ2n) is 5.86. The summed E-state index contributed by atoms with van der Waals surface area (Å²) >= 11 is 0. The van der Waals surface area contributed by atoms with E-state index < -0.39 is 0 Å². The van der Waals surface area contributed by atoms with Gasteiger partial charge >= 0.3 is 0 Å². The number of Topliss-reactive ketones (excluding diaryl/α,β-unsaturated/α-hetero) is 1. The van der Waals surface area contributed by atoms with Crippen molar-refractivity contribution in [3.8, 4) is 0 Å². The second-order valence-corrected chi connectivity index (χ2v) is 5.86. The van der Waals surface area contributed by atoms with Crippen LogP contribution >= 0.6 is 0 Å². The minimum atomic E-state index is -0.0884. The van der Waals surface area contributed by atoms with E-state index in [1.807, 2.05) is 0 Å². The van der Waals surface area contributed by atoms with Gasteiger partial charge in [0.15, 0.2) is 5.78 Å². The summed E-state index contributed by atoms with van der Waals surface area (Å²) in [7, 11) is 0. The average molecular weight is 237 g/mol. The maximum atomic E-state index is 12.8. The number of carbonyl (C=O) groups is 1. The van der Waals surface area contributed by atoms with Gasteiger partial charge in [0.2, 0.25) is 0 Å². The highest BCUT2D eigenvalue weighted by atomic mass is 16.5. The van der Waals surface area contributed by atoms with Crippen LogP contribution < -0.4 is 0 Å². The summed E-state index contributed by atoms with van der Waals surface area (Å²) in [6, 6.07) is 0. The number of ether oxygens (including phenoxy) is 1. The standard InChI is InChI=1S/C14H23NO2/c16-13(12-5-10-17-11-12)14(6-1-2-7-14)15-8-3-4-9-15/h12H,1-11H2. The highest BCUT2D eigenvalue weighted by molar-refractivity contribution is 5.91. The first-order valence-corrected chi connectivity index (χ1v) is 7.20. The van der Waals surface area contributed by atoms with E-state index in [0.29, 0.717) is 12.4 Å². The van der Waals surface area contributed by atoms with Crippen LogP contribution in [0, 0.1) is 5.92 Å². The minimum Gasteiger partial charge on any atom is -0.381 e. The second kappa shape index (κ2) is 4.69. The first kappa shape index (κ1) is 11.7. The fourth-order valence-electron chi connectivity index (χ4n) is 3.94. The Kier molecular flexibility index (Phi) is 3.22. The highest BCUT2D eigenvalue weighted by Crippen LogP contribution is 2.40. The summed E-state index contributed by atoms with van der Waals surface area (Å²) in [4.78, 5) is 15.3. The molecule has 3 aliphatic rings. The van der Waals surface area contributed by atoms with Crippen LogP contribution in [-0.2, 0) is 9.53 Å². The Hall–Kier alpha value is -0.410. The van der Waals surface area contributed by atoms with Crippen molar-refractivity contribution in [2.45, 2.75) is 50.5 Å². The lowest BCUT2D eigenvalue weighted by atomic mass is 9.82. The van der Waals surface area contributed by atoms with Crippen molar-refractivity contribution in [3.63, 3.8) is 0 Å². The number of nitrogens with zero attached hydrogens (tertiary/aromatic N) is 1. The van der Waals surface area contributed by atoms with Crippen LogP contribution in [0.4, 0.5) is 0 Å².